The number of hydrogen-bond donors (Lipinski definition) is 0. The molecule has 1 aromatic heterocycles. The van der Waals surface area contributed by atoms with Gasteiger partial charge >= 0.3 is 12.1 Å². The van der Waals surface area contributed by atoms with Gasteiger partial charge in [-0.1, -0.05) is 36.1 Å². The van der Waals surface area contributed by atoms with E-state index >= 15 is 0 Å². The molecule has 2 heterocycles. The maximum absolute atomic E-state index is 12.9. The fourth-order valence-electron chi connectivity index (χ4n) is 2.29. The minimum Gasteiger partial charge on any atom is -0.401 e. The van der Waals surface area contributed by atoms with Gasteiger partial charge in [0.15, 0.2) is 4.32 Å². The third-order valence-corrected chi connectivity index (χ3v) is 4.85. The molecule has 144 valence electrons. The van der Waals surface area contributed by atoms with Gasteiger partial charge in [-0.25, -0.2) is 0 Å². The number of nitrogens with zero attached hydrogens (tertiary/aromatic N) is 2. The Labute approximate surface area is 165 Å². The van der Waals surface area contributed by atoms with E-state index in [1.807, 2.05) is 0 Å². The molecule has 0 N–H and O–H groups in total. The van der Waals surface area contributed by atoms with Crippen LogP contribution in [0.1, 0.15) is 11.3 Å². The SMILES string of the molecule is O=C1/C(=C\C=C\c2ccc([N+](=O)[O-])o2)SC(=S)N1c1cccc(C(F)(F)F)c1. The highest BCUT2D eigenvalue weighted by atomic mass is 32.2. The average Bonchev–Trinajstić information content (AvgIpc) is 3.20. The molecule has 1 aliphatic heterocycles. The van der Waals surface area contributed by atoms with Crippen LogP contribution in [0, 0.1) is 10.1 Å². The van der Waals surface area contributed by atoms with E-state index in [2.05, 4.69) is 0 Å². The molecule has 0 spiro atoms. The molecule has 0 bridgehead atoms. The zero-order chi connectivity index (χ0) is 20.5. The van der Waals surface area contributed by atoms with Gasteiger partial charge < -0.3 is 4.42 Å². The molecule has 1 amide bonds. The van der Waals surface area contributed by atoms with Gasteiger partial charge in [-0.15, -0.1) is 0 Å². The van der Waals surface area contributed by atoms with Gasteiger partial charge in [-0.2, -0.15) is 13.2 Å². The highest BCUT2D eigenvalue weighted by molar-refractivity contribution is 8.27. The van der Waals surface area contributed by atoms with Crippen molar-refractivity contribution in [3.05, 3.63) is 74.9 Å². The normalized spacial score (nSPS) is 16.5. The predicted octanol–water partition coefficient (Wildman–Crippen LogP) is 5.17. The van der Waals surface area contributed by atoms with E-state index in [0.717, 1.165) is 28.8 Å². The molecule has 2 aromatic rings. The van der Waals surface area contributed by atoms with Gasteiger partial charge in [0, 0.05) is 0 Å². The summed E-state index contributed by atoms with van der Waals surface area (Å²) in [7, 11) is 0. The number of nitro groups is 1. The van der Waals surface area contributed by atoms with Crippen LogP contribution in [0.2, 0.25) is 0 Å². The van der Waals surface area contributed by atoms with Crippen molar-refractivity contribution in [3.8, 4) is 0 Å². The highest BCUT2D eigenvalue weighted by Gasteiger charge is 2.35. The summed E-state index contributed by atoms with van der Waals surface area (Å²) in [5.41, 5.74) is -0.867. The van der Waals surface area contributed by atoms with Crippen LogP contribution < -0.4 is 4.90 Å². The monoisotopic (exact) mass is 426 g/mol. The number of halogens is 3. The lowest BCUT2D eigenvalue weighted by Crippen LogP contribution is -2.27. The van der Waals surface area contributed by atoms with Crippen LogP contribution in [0.4, 0.5) is 24.7 Å². The van der Waals surface area contributed by atoms with Crippen LogP contribution in [-0.4, -0.2) is 15.2 Å². The Balaban J connectivity index is 1.80. The molecule has 0 unspecified atom stereocenters. The van der Waals surface area contributed by atoms with Gasteiger partial charge in [0.05, 0.1) is 22.2 Å². The number of rotatable bonds is 4. The van der Waals surface area contributed by atoms with E-state index in [9.17, 15) is 28.1 Å². The fourth-order valence-corrected chi connectivity index (χ4v) is 3.54. The predicted molar refractivity (Wildman–Crippen MR) is 102 cm³/mol. The van der Waals surface area contributed by atoms with Gasteiger partial charge in [0.25, 0.3) is 5.91 Å². The van der Waals surface area contributed by atoms with Crippen molar-refractivity contribution in [2.75, 3.05) is 4.90 Å². The molecule has 0 aliphatic carbocycles. The van der Waals surface area contributed by atoms with Gasteiger partial charge in [-0.05, 0) is 36.4 Å². The average molecular weight is 426 g/mol. The number of furan rings is 1. The Morgan fingerprint density at radius 2 is 2.00 bits per heavy atom. The summed E-state index contributed by atoms with van der Waals surface area (Å²) in [6.07, 6.45) is -0.299. The lowest BCUT2D eigenvalue weighted by atomic mass is 10.2. The second-order valence-corrected chi connectivity index (χ2v) is 7.06. The lowest BCUT2D eigenvalue weighted by Gasteiger charge is -2.16. The van der Waals surface area contributed by atoms with Gasteiger partial charge in [0.1, 0.15) is 10.7 Å². The standard InChI is InChI=1S/C17H9F3N2O4S2/c18-17(19,20)10-3-1-4-11(9-10)21-15(23)13(28-16(21)27)6-2-5-12-7-8-14(26-12)22(24)25/h1-9H/b5-2+,13-6+. The zero-order valence-electron chi connectivity index (χ0n) is 13.7. The molecule has 6 nitrogen and oxygen atoms in total. The number of thiocarbonyl (C=S) groups is 1. The first kappa shape index (κ1) is 19.8. The van der Waals surface area contributed by atoms with E-state index < -0.39 is 28.5 Å². The molecule has 3 rings (SSSR count). The van der Waals surface area contributed by atoms with Crippen molar-refractivity contribution in [3.63, 3.8) is 0 Å². The van der Waals surface area contributed by atoms with Crippen molar-refractivity contribution in [2.45, 2.75) is 6.18 Å². The number of hydrogen-bond acceptors (Lipinski definition) is 6. The molecule has 0 saturated carbocycles. The van der Waals surface area contributed by atoms with Crippen molar-refractivity contribution >= 4 is 51.9 Å². The summed E-state index contributed by atoms with van der Waals surface area (Å²) in [5.74, 6) is -0.781. The van der Waals surface area contributed by atoms with E-state index in [4.69, 9.17) is 16.6 Å². The minimum absolute atomic E-state index is 0.0198. The number of allylic oxidation sites excluding steroid dienone is 2. The highest BCUT2D eigenvalue weighted by Crippen LogP contribution is 2.37. The van der Waals surface area contributed by atoms with Crippen LogP contribution in [0.15, 0.2) is 57.9 Å². The maximum Gasteiger partial charge on any atom is 0.433 e. The molecular formula is C17H9F3N2O4S2. The van der Waals surface area contributed by atoms with Gasteiger partial charge in [-0.3, -0.25) is 19.8 Å². The van der Waals surface area contributed by atoms with Crippen molar-refractivity contribution in [1.82, 2.24) is 0 Å². The minimum atomic E-state index is -4.54. The topological polar surface area (TPSA) is 76.6 Å². The smallest absolute Gasteiger partial charge is 0.401 e. The quantitative estimate of drug-likeness (QED) is 0.291. The van der Waals surface area contributed by atoms with Crippen molar-refractivity contribution in [1.29, 1.82) is 0 Å². The number of thioether (sulfide) groups is 1. The second kappa shape index (κ2) is 7.60. The van der Waals surface area contributed by atoms with Crippen molar-refractivity contribution in [2.24, 2.45) is 0 Å². The summed E-state index contributed by atoms with van der Waals surface area (Å²) in [6, 6.07) is 6.89. The molecule has 1 saturated heterocycles. The summed E-state index contributed by atoms with van der Waals surface area (Å²) >= 11 is 6.05. The molecular weight excluding hydrogens is 417 g/mol. The van der Waals surface area contributed by atoms with Crippen molar-refractivity contribution < 1.29 is 27.3 Å². The summed E-state index contributed by atoms with van der Waals surface area (Å²) in [6.45, 7) is 0. The van der Waals surface area contributed by atoms with E-state index in [1.54, 1.807) is 0 Å². The summed E-state index contributed by atoms with van der Waals surface area (Å²) < 4.78 is 43.7. The molecule has 1 fully saturated rings. The molecule has 1 aromatic carbocycles. The first-order valence-electron chi connectivity index (χ1n) is 7.53. The third-order valence-electron chi connectivity index (χ3n) is 3.53. The molecule has 1 aliphatic rings. The third kappa shape index (κ3) is 4.15. The number of benzene rings is 1. The van der Waals surface area contributed by atoms with Crippen LogP contribution >= 0.6 is 24.0 Å². The Morgan fingerprint density at radius 1 is 1.25 bits per heavy atom. The first-order valence-corrected chi connectivity index (χ1v) is 8.75. The molecule has 0 radical (unpaired) electrons. The largest absolute Gasteiger partial charge is 0.433 e. The Kier molecular flexibility index (Phi) is 5.38. The van der Waals surface area contributed by atoms with E-state index in [1.165, 1.54) is 42.5 Å². The second-order valence-electron chi connectivity index (χ2n) is 5.38. The number of carbonyl (C=O) groups is 1. The van der Waals surface area contributed by atoms with E-state index in [0.29, 0.717) is 0 Å². The Bertz CT molecular complexity index is 1030. The van der Waals surface area contributed by atoms with Crippen LogP contribution in [0.25, 0.3) is 6.08 Å². The van der Waals surface area contributed by atoms with Crippen LogP contribution in [-0.2, 0) is 11.0 Å². The number of carbonyl (C=O) groups excluding carboxylic acids is 1. The molecule has 28 heavy (non-hydrogen) atoms. The van der Waals surface area contributed by atoms with E-state index in [-0.39, 0.29) is 20.7 Å². The lowest BCUT2D eigenvalue weighted by molar-refractivity contribution is -0.402. The van der Waals surface area contributed by atoms with Crippen LogP contribution in [0.5, 0.6) is 0 Å². The first-order chi connectivity index (χ1) is 13.2. The number of anilines is 1. The number of alkyl halides is 3. The Hall–Kier alpha value is -2.92. The van der Waals surface area contributed by atoms with Gasteiger partial charge in [0.2, 0.25) is 0 Å². The van der Waals surface area contributed by atoms with Crippen LogP contribution in [0.3, 0.4) is 0 Å². The summed E-state index contributed by atoms with van der Waals surface area (Å²) in [4.78, 5) is 23.6. The fraction of sp³-hybridized carbons (Fsp3) is 0.0588. The Morgan fingerprint density at radius 3 is 2.64 bits per heavy atom. The maximum atomic E-state index is 12.9. The summed E-state index contributed by atoms with van der Waals surface area (Å²) in [5, 5.41) is 10.6. The number of amides is 1. The molecule has 11 heteroatoms. The zero-order valence-corrected chi connectivity index (χ0v) is 15.3. The molecule has 0 atom stereocenters.